The number of carbonyl (C=O) groups excluding carboxylic acids is 1. The van der Waals surface area contributed by atoms with E-state index in [1.54, 1.807) is 62.1 Å². The number of piperidine rings is 1. The Morgan fingerprint density at radius 1 is 1.11 bits per heavy atom. The zero-order chi connectivity index (χ0) is 32.3. The lowest BCUT2D eigenvalue weighted by molar-refractivity contribution is -0.0634. The first-order valence-corrected chi connectivity index (χ1v) is 17.0. The van der Waals surface area contributed by atoms with Crippen molar-refractivity contribution in [2.75, 3.05) is 12.8 Å². The van der Waals surface area contributed by atoms with Crippen LogP contribution < -0.4 is 4.74 Å². The second-order valence-corrected chi connectivity index (χ2v) is 15.4. The highest BCUT2D eigenvalue weighted by Crippen LogP contribution is 2.49. The fourth-order valence-corrected chi connectivity index (χ4v) is 7.16. The van der Waals surface area contributed by atoms with E-state index in [0.717, 1.165) is 11.8 Å². The van der Waals surface area contributed by atoms with E-state index < -0.39 is 44.9 Å². The first kappa shape index (κ1) is 31.3. The van der Waals surface area contributed by atoms with Crippen molar-refractivity contribution in [3.8, 4) is 11.6 Å². The van der Waals surface area contributed by atoms with E-state index in [1.165, 1.54) is 18.2 Å². The Balaban J connectivity index is 1.60. The van der Waals surface area contributed by atoms with Gasteiger partial charge in [-0.1, -0.05) is 29.8 Å². The van der Waals surface area contributed by atoms with Crippen LogP contribution in [0.5, 0.6) is 11.6 Å². The Morgan fingerprint density at radius 3 is 2.53 bits per heavy atom. The number of ether oxygens (including phenoxy) is 2. The van der Waals surface area contributed by atoms with Gasteiger partial charge >= 0.3 is 6.09 Å². The average molecular weight is 653 g/mol. The van der Waals surface area contributed by atoms with Crippen molar-refractivity contribution in [2.24, 2.45) is 0 Å². The molecule has 2 aliphatic heterocycles. The number of halogens is 2. The number of pyridine rings is 1. The lowest BCUT2D eigenvalue weighted by atomic mass is 9.69. The van der Waals surface area contributed by atoms with E-state index in [-0.39, 0.29) is 42.3 Å². The summed E-state index contributed by atoms with van der Waals surface area (Å²) < 4.78 is 51.7. The molecule has 1 amide bonds. The van der Waals surface area contributed by atoms with Gasteiger partial charge in [-0.05, 0) is 93.6 Å². The molecule has 4 aromatic rings. The predicted octanol–water partition coefficient (Wildman–Crippen LogP) is 7.04. The first-order chi connectivity index (χ1) is 21.1. The number of likely N-dealkylation sites (tertiary alicyclic amines) is 1. The number of hydrogen-bond donors (Lipinski definition) is 1. The van der Waals surface area contributed by atoms with Crippen molar-refractivity contribution < 1.29 is 32.2 Å². The Kier molecular flexibility index (Phi) is 7.82. The number of fused-ring (bicyclic) bond motifs is 5. The Morgan fingerprint density at radius 2 is 1.84 bits per heavy atom. The summed E-state index contributed by atoms with van der Waals surface area (Å²) in [5.74, 6) is -0.861. The number of rotatable bonds is 2. The van der Waals surface area contributed by atoms with Crippen molar-refractivity contribution in [3.05, 3.63) is 94.3 Å². The van der Waals surface area contributed by atoms with Gasteiger partial charge in [-0.2, -0.15) is 0 Å². The lowest BCUT2D eigenvalue weighted by Gasteiger charge is -2.48. The Hall–Kier alpha value is -3.73. The molecule has 2 aliphatic rings. The zero-order valence-electron chi connectivity index (χ0n) is 25.4. The van der Waals surface area contributed by atoms with E-state index >= 15 is 0 Å². The summed E-state index contributed by atoms with van der Waals surface area (Å²) in [7, 11) is -3.52. The summed E-state index contributed by atoms with van der Waals surface area (Å²) >= 11 is 6.26. The number of amides is 1. The molecule has 0 saturated carbocycles. The molecule has 0 spiro atoms. The quantitative estimate of drug-likeness (QED) is 0.248. The van der Waals surface area contributed by atoms with Crippen molar-refractivity contribution in [1.29, 1.82) is 0 Å². The molecule has 3 unspecified atom stereocenters. The third kappa shape index (κ3) is 6.36. The lowest BCUT2D eigenvalue weighted by Crippen LogP contribution is -2.56. The summed E-state index contributed by atoms with van der Waals surface area (Å²) in [6, 6.07) is 17.2. The van der Waals surface area contributed by atoms with E-state index in [1.807, 2.05) is 12.1 Å². The molecule has 0 aliphatic carbocycles. The Labute approximate surface area is 266 Å². The van der Waals surface area contributed by atoms with E-state index in [2.05, 4.69) is 0 Å². The molecule has 3 heterocycles. The summed E-state index contributed by atoms with van der Waals surface area (Å²) in [6.45, 7) is 5.59. The van der Waals surface area contributed by atoms with Crippen LogP contribution in [-0.2, 0) is 21.0 Å². The molecule has 3 aromatic carbocycles. The molecule has 0 radical (unpaired) electrons. The van der Waals surface area contributed by atoms with E-state index in [9.17, 15) is 22.7 Å². The maximum Gasteiger partial charge on any atom is 0.410 e. The maximum absolute atomic E-state index is 14.7. The van der Waals surface area contributed by atoms with Gasteiger partial charge in [0.05, 0.1) is 16.0 Å². The second-order valence-electron chi connectivity index (χ2n) is 12.9. The number of aromatic nitrogens is 1. The van der Waals surface area contributed by atoms with Gasteiger partial charge in [0.1, 0.15) is 17.2 Å². The number of benzene rings is 3. The minimum absolute atomic E-state index is 0.123. The molecular weight excluding hydrogens is 619 g/mol. The summed E-state index contributed by atoms with van der Waals surface area (Å²) in [6.07, 6.45) is 1.27. The van der Waals surface area contributed by atoms with Crippen LogP contribution in [0.15, 0.2) is 71.6 Å². The highest BCUT2D eigenvalue weighted by Gasteiger charge is 2.49. The first-order valence-electron chi connectivity index (χ1n) is 14.7. The zero-order valence-corrected chi connectivity index (χ0v) is 27.0. The Bertz CT molecular complexity index is 1910. The summed E-state index contributed by atoms with van der Waals surface area (Å²) in [5, 5.41) is 13.7. The van der Waals surface area contributed by atoms with Crippen LogP contribution in [0.25, 0.3) is 10.9 Å². The average Bonchev–Trinajstić information content (AvgIpc) is 2.94. The molecule has 236 valence electrons. The van der Waals surface area contributed by atoms with Crippen LogP contribution >= 0.6 is 11.6 Å². The number of carbonyl (C=O) groups is 1. The van der Waals surface area contributed by atoms with Gasteiger partial charge in [0.2, 0.25) is 5.88 Å². The van der Waals surface area contributed by atoms with E-state index in [4.69, 9.17) is 26.1 Å². The molecular formula is C34H34ClFN2O6S. The fraction of sp³-hybridized carbons (Fsp3) is 0.353. The van der Waals surface area contributed by atoms with Crippen molar-refractivity contribution in [3.63, 3.8) is 0 Å². The van der Waals surface area contributed by atoms with Gasteiger partial charge in [-0.3, -0.25) is 0 Å². The monoisotopic (exact) mass is 652 g/mol. The molecule has 1 fully saturated rings. The van der Waals surface area contributed by atoms with Crippen molar-refractivity contribution >= 4 is 38.4 Å². The van der Waals surface area contributed by atoms with Gasteiger partial charge < -0.3 is 19.5 Å². The van der Waals surface area contributed by atoms with Gasteiger partial charge in [0.25, 0.3) is 0 Å². The highest BCUT2D eigenvalue weighted by molar-refractivity contribution is 7.90. The van der Waals surface area contributed by atoms with Crippen LogP contribution in [0, 0.1) is 5.82 Å². The van der Waals surface area contributed by atoms with Crippen molar-refractivity contribution in [2.45, 2.75) is 68.1 Å². The highest BCUT2D eigenvalue weighted by atomic mass is 35.5. The normalized spacial score (nSPS) is 21.8. The minimum Gasteiger partial charge on any atom is -0.444 e. The molecule has 1 aromatic heterocycles. The maximum atomic E-state index is 14.7. The number of aliphatic hydroxyl groups is 1. The summed E-state index contributed by atoms with van der Waals surface area (Å²) in [5.41, 5.74) is 0.167. The predicted molar refractivity (Wildman–Crippen MR) is 169 cm³/mol. The van der Waals surface area contributed by atoms with Crippen LogP contribution in [0.3, 0.4) is 0 Å². The summed E-state index contributed by atoms with van der Waals surface area (Å²) in [4.78, 5) is 20.0. The smallest absolute Gasteiger partial charge is 0.410 e. The van der Waals surface area contributed by atoms with Gasteiger partial charge in [0, 0.05) is 46.8 Å². The number of nitrogens with zero attached hydrogens (tertiary/aromatic N) is 2. The van der Waals surface area contributed by atoms with Gasteiger partial charge in [-0.15, -0.1) is 0 Å². The topological polar surface area (TPSA) is 106 Å². The van der Waals surface area contributed by atoms with E-state index in [0.29, 0.717) is 27.1 Å². The largest absolute Gasteiger partial charge is 0.444 e. The fourth-order valence-electron chi connectivity index (χ4n) is 6.38. The molecule has 3 atom stereocenters. The van der Waals surface area contributed by atoms with Gasteiger partial charge in [-0.25, -0.2) is 22.6 Å². The molecule has 11 heteroatoms. The van der Waals surface area contributed by atoms with Crippen LogP contribution in [0.2, 0.25) is 5.02 Å². The molecule has 6 rings (SSSR count). The number of sulfone groups is 1. The minimum atomic E-state index is -3.52. The van der Waals surface area contributed by atoms with Crippen LogP contribution in [-0.4, -0.2) is 59.5 Å². The molecule has 1 saturated heterocycles. The molecule has 8 nitrogen and oxygen atoms in total. The molecule has 45 heavy (non-hydrogen) atoms. The standard InChI is InChI=1S/C34H34ClFN2O6S/c1-33(2,3)44-32(39)38-14-13-34(40)19-25(38)15-21-7-10-24(36)18-29(21)43-31-27(30(34)20-5-8-23(35)9-6-20)17-22-16-26(45(4,41)42)11-12-28(22)37-31/h5-12,16-18,25,30,40H,13-15,19H2,1-4H3. The van der Waals surface area contributed by atoms with Gasteiger partial charge in [0.15, 0.2) is 9.84 Å². The van der Waals surface area contributed by atoms with Crippen LogP contribution in [0.4, 0.5) is 9.18 Å². The third-order valence-electron chi connectivity index (χ3n) is 8.39. The molecule has 1 N–H and O–H groups in total. The second kappa shape index (κ2) is 11.3. The third-order valence-corrected chi connectivity index (χ3v) is 9.76. The molecule has 2 bridgehead atoms. The van der Waals surface area contributed by atoms with Crippen molar-refractivity contribution in [1.82, 2.24) is 9.88 Å². The van der Waals surface area contributed by atoms with Crippen LogP contribution in [0.1, 0.15) is 56.2 Å². The number of hydrogen-bond acceptors (Lipinski definition) is 7. The SMILES string of the molecule is CC(C)(C)OC(=O)N1CCC2(O)CC1Cc1ccc(F)cc1Oc1nc3ccc(S(C)(=O)=O)cc3cc1C2c1ccc(Cl)cc1.